The fourth-order valence-electron chi connectivity index (χ4n) is 2.58. The quantitative estimate of drug-likeness (QED) is 0.625. The molecule has 0 radical (unpaired) electrons. The second kappa shape index (κ2) is 6.54. The first-order chi connectivity index (χ1) is 11.5. The van der Waals surface area contributed by atoms with Crippen molar-refractivity contribution in [2.24, 2.45) is 0 Å². The van der Waals surface area contributed by atoms with E-state index in [1.54, 1.807) is 6.07 Å². The van der Waals surface area contributed by atoms with Gasteiger partial charge in [0.2, 0.25) is 0 Å². The average Bonchev–Trinajstić information content (AvgIpc) is 2.92. The summed E-state index contributed by atoms with van der Waals surface area (Å²) in [6.45, 7) is 4.09. The summed E-state index contributed by atoms with van der Waals surface area (Å²) >= 11 is 0. The van der Waals surface area contributed by atoms with Crippen LogP contribution in [-0.2, 0) is 0 Å². The minimum atomic E-state index is -1.64. The van der Waals surface area contributed by atoms with Gasteiger partial charge in [-0.2, -0.15) is 5.10 Å². The van der Waals surface area contributed by atoms with Gasteiger partial charge in [0.25, 0.3) is 0 Å². The van der Waals surface area contributed by atoms with Gasteiger partial charge in [-0.1, -0.05) is 6.92 Å². The molecule has 1 unspecified atom stereocenters. The Hall–Kier alpha value is -2.51. The Kier molecular flexibility index (Phi) is 4.46. The van der Waals surface area contributed by atoms with Crippen LogP contribution < -0.4 is 5.32 Å². The fourth-order valence-corrected chi connectivity index (χ4v) is 2.58. The third-order valence-corrected chi connectivity index (χ3v) is 4.06. The molecule has 2 heterocycles. The predicted molar refractivity (Wildman–Crippen MR) is 89.4 cm³/mol. The zero-order valence-corrected chi connectivity index (χ0v) is 13.4. The number of hydrogen-bond donors (Lipinski definition) is 3. The number of aliphatic hydroxyl groups is 2. The van der Waals surface area contributed by atoms with Crippen molar-refractivity contribution in [2.45, 2.75) is 32.6 Å². The summed E-state index contributed by atoms with van der Waals surface area (Å²) < 4.78 is 15.5. The summed E-state index contributed by atoms with van der Waals surface area (Å²) in [5, 5.41) is 27.2. The minimum absolute atomic E-state index is 0.144. The van der Waals surface area contributed by atoms with Crippen molar-refractivity contribution in [3.05, 3.63) is 48.0 Å². The standard InChI is InChI=1S/C17H19FN4O2/c1-3-10(2)22-15-5-4-11(18)8-13(15)16(21-22)20-14-9-19-7-6-12(14)17(23)24/h4-10,17,23-24H,3H2,1-2H3,(H,20,21). The topological polar surface area (TPSA) is 83.2 Å². The van der Waals surface area contributed by atoms with Crippen molar-refractivity contribution in [1.82, 2.24) is 14.8 Å². The van der Waals surface area contributed by atoms with E-state index in [4.69, 9.17) is 0 Å². The van der Waals surface area contributed by atoms with Crippen LogP contribution in [0.5, 0.6) is 0 Å². The van der Waals surface area contributed by atoms with Crippen LogP contribution in [0.3, 0.4) is 0 Å². The number of rotatable bonds is 5. The largest absolute Gasteiger partial charge is 0.364 e. The highest BCUT2D eigenvalue weighted by Crippen LogP contribution is 2.31. The van der Waals surface area contributed by atoms with Gasteiger partial charge in [0, 0.05) is 23.2 Å². The molecule has 3 rings (SSSR count). The molecule has 0 spiro atoms. The SMILES string of the molecule is CCC(C)n1nc(Nc2cnccc2C(O)O)c2cc(F)ccc21. The van der Waals surface area contributed by atoms with Gasteiger partial charge in [0.1, 0.15) is 5.82 Å². The molecule has 3 aromatic rings. The molecule has 126 valence electrons. The van der Waals surface area contributed by atoms with E-state index in [2.05, 4.69) is 22.3 Å². The molecule has 0 amide bonds. The van der Waals surface area contributed by atoms with E-state index < -0.39 is 6.29 Å². The molecule has 6 nitrogen and oxygen atoms in total. The lowest BCUT2D eigenvalue weighted by molar-refractivity contribution is -0.0419. The smallest absolute Gasteiger partial charge is 0.180 e. The molecule has 1 aromatic carbocycles. The van der Waals surface area contributed by atoms with E-state index in [0.717, 1.165) is 11.9 Å². The number of nitrogens with zero attached hydrogens (tertiary/aromatic N) is 3. The van der Waals surface area contributed by atoms with Crippen LogP contribution in [0, 0.1) is 5.82 Å². The summed E-state index contributed by atoms with van der Waals surface area (Å²) in [5.41, 5.74) is 1.49. The number of pyridine rings is 1. The average molecular weight is 330 g/mol. The van der Waals surface area contributed by atoms with Crippen molar-refractivity contribution in [2.75, 3.05) is 5.32 Å². The second-order valence-corrected chi connectivity index (χ2v) is 5.67. The number of hydrogen-bond acceptors (Lipinski definition) is 5. The molecular formula is C17H19FN4O2. The van der Waals surface area contributed by atoms with Crippen molar-refractivity contribution in [3.63, 3.8) is 0 Å². The number of fused-ring (bicyclic) bond motifs is 1. The lowest BCUT2D eigenvalue weighted by Gasteiger charge is -2.12. The number of benzene rings is 1. The summed E-state index contributed by atoms with van der Waals surface area (Å²) in [4.78, 5) is 3.99. The second-order valence-electron chi connectivity index (χ2n) is 5.67. The van der Waals surface area contributed by atoms with Crippen LogP contribution in [0.4, 0.5) is 15.9 Å². The molecule has 2 aromatic heterocycles. The molecular weight excluding hydrogens is 311 g/mol. The fraction of sp³-hybridized carbons (Fsp3) is 0.294. The summed E-state index contributed by atoms with van der Waals surface area (Å²) in [5.74, 6) is 0.0857. The van der Waals surface area contributed by atoms with Crippen molar-refractivity contribution in [1.29, 1.82) is 0 Å². The lowest BCUT2D eigenvalue weighted by Crippen LogP contribution is -2.06. The van der Waals surface area contributed by atoms with E-state index in [9.17, 15) is 14.6 Å². The first-order valence-electron chi connectivity index (χ1n) is 7.76. The van der Waals surface area contributed by atoms with Crippen molar-refractivity contribution in [3.8, 4) is 0 Å². The first kappa shape index (κ1) is 16.4. The first-order valence-corrected chi connectivity index (χ1v) is 7.76. The third-order valence-electron chi connectivity index (χ3n) is 4.06. The maximum Gasteiger partial charge on any atom is 0.180 e. The highest BCUT2D eigenvalue weighted by Gasteiger charge is 2.17. The van der Waals surface area contributed by atoms with Crippen LogP contribution in [0.15, 0.2) is 36.7 Å². The van der Waals surface area contributed by atoms with Gasteiger partial charge in [-0.05, 0) is 37.6 Å². The van der Waals surface area contributed by atoms with Gasteiger partial charge in [-0.25, -0.2) is 4.39 Å². The predicted octanol–water partition coefficient (Wildman–Crippen LogP) is 3.27. The molecule has 7 heteroatoms. The molecule has 0 aliphatic heterocycles. The molecule has 24 heavy (non-hydrogen) atoms. The molecule has 0 saturated carbocycles. The number of aliphatic hydroxyl groups excluding tert-OH is 1. The van der Waals surface area contributed by atoms with Crippen molar-refractivity contribution >= 4 is 22.4 Å². The molecule has 0 fully saturated rings. The Balaban J connectivity index is 2.11. The van der Waals surface area contributed by atoms with Gasteiger partial charge >= 0.3 is 0 Å². The van der Waals surface area contributed by atoms with E-state index in [0.29, 0.717) is 16.9 Å². The van der Waals surface area contributed by atoms with Crippen LogP contribution >= 0.6 is 0 Å². The number of halogens is 1. The van der Waals surface area contributed by atoms with Crippen molar-refractivity contribution < 1.29 is 14.6 Å². The lowest BCUT2D eigenvalue weighted by atomic mass is 10.2. The van der Waals surface area contributed by atoms with Crippen LogP contribution in [-0.4, -0.2) is 25.0 Å². The maximum atomic E-state index is 13.7. The summed E-state index contributed by atoms with van der Waals surface area (Å²) in [6.07, 6.45) is 2.17. The molecule has 1 atom stereocenters. The molecule has 0 aliphatic carbocycles. The summed E-state index contributed by atoms with van der Waals surface area (Å²) in [6, 6.07) is 6.15. The van der Waals surface area contributed by atoms with Crippen LogP contribution in [0.25, 0.3) is 10.9 Å². The minimum Gasteiger partial charge on any atom is -0.364 e. The maximum absolute atomic E-state index is 13.7. The normalized spacial score (nSPS) is 12.8. The monoisotopic (exact) mass is 330 g/mol. The number of nitrogens with one attached hydrogen (secondary N) is 1. The van der Waals surface area contributed by atoms with Crippen LogP contribution in [0.2, 0.25) is 0 Å². The zero-order valence-electron chi connectivity index (χ0n) is 13.4. The Labute approximate surface area is 138 Å². The number of anilines is 2. The molecule has 0 bridgehead atoms. The van der Waals surface area contributed by atoms with Crippen LogP contribution in [0.1, 0.15) is 38.2 Å². The van der Waals surface area contributed by atoms with Gasteiger partial charge in [0.15, 0.2) is 12.1 Å². The third kappa shape index (κ3) is 2.95. The summed E-state index contributed by atoms with van der Waals surface area (Å²) in [7, 11) is 0. The highest BCUT2D eigenvalue weighted by atomic mass is 19.1. The highest BCUT2D eigenvalue weighted by molar-refractivity contribution is 5.92. The Morgan fingerprint density at radius 2 is 2.08 bits per heavy atom. The van der Waals surface area contributed by atoms with E-state index >= 15 is 0 Å². The van der Waals surface area contributed by atoms with E-state index in [-0.39, 0.29) is 17.4 Å². The van der Waals surface area contributed by atoms with Gasteiger partial charge < -0.3 is 15.5 Å². The van der Waals surface area contributed by atoms with E-state index in [1.807, 2.05) is 11.6 Å². The molecule has 0 saturated heterocycles. The Morgan fingerprint density at radius 1 is 1.29 bits per heavy atom. The molecule has 0 aliphatic rings. The molecule has 3 N–H and O–H groups in total. The van der Waals surface area contributed by atoms with Gasteiger partial charge in [-0.3, -0.25) is 9.67 Å². The Bertz CT molecular complexity index is 863. The Morgan fingerprint density at radius 3 is 2.79 bits per heavy atom. The zero-order chi connectivity index (χ0) is 17.3. The number of aromatic nitrogens is 3. The van der Waals surface area contributed by atoms with Gasteiger partial charge in [0.05, 0.1) is 17.4 Å². The van der Waals surface area contributed by atoms with E-state index in [1.165, 1.54) is 30.6 Å². The van der Waals surface area contributed by atoms with Gasteiger partial charge in [-0.15, -0.1) is 0 Å².